The molecule has 0 spiro atoms. The molecule has 1 atom stereocenters. The normalized spacial score (nSPS) is 16.1. The van der Waals surface area contributed by atoms with Crippen LogP contribution in [0, 0.1) is 0 Å². The molecule has 23 heavy (non-hydrogen) atoms. The fourth-order valence-corrected chi connectivity index (χ4v) is 3.15. The molecule has 118 valence electrons. The molecule has 1 heterocycles. The maximum absolute atomic E-state index is 12.8. The van der Waals surface area contributed by atoms with Crippen molar-refractivity contribution in [2.24, 2.45) is 0 Å². The Balaban J connectivity index is 1.87. The smallest absolute Gasteiger partial charge is 0.247 e. The van der Waals surface area contributed by atoms with Crippen molar-refractivity contribution in [3.8, 4) is 0 Å². The summed E-state index contributed by atoms with van der Waals surface area (Å²) in [5, 5.41) is 2.99. The second kappa shape index (κ2) is 6.24. The van der Waals surface area contributed by atoms with Gasteiger partial charge in [-0.25, -0.2) is 0 Å². The predicted octanol–water partition coefficient (Wildman–Crippen LogP) is 3.17. The van der Waals surface area contributed by atoms with Gasteiger partial charge in [-0.05, 0) is 29.7 Å². The lowest BCUT2D eigenvalue weighted by molar-refractivity contribution is -0.122. The van der Waals surface area contributed by atoms with E-state index in [0.717, 1.165) is 28.9 Å². The van der Waals surface area contributed by atoms with Crippen LogP contribution in [0.4, 0.5) is 11.4 Å². The highest BCUT2D eigenvalue weighted by Gasteiger charge is 2.36. The van der Waals surface area contributed by atoms with Crippen molar-refractivity contribution >= 4 is 23.2 Å². The van der Waals surface area contributed by atoms with Crippen LogP contribution < -0.4 is 10.2 Å². The number of hydrogen-bond acceptors (Lipinski definition) is 2. The first-order valence-corrected chi connectivity index (χ1v) is 7.88. The van der Waals surface area contributed by atoms with Crippen molar-refractivity contribution in [2.45, 2.75) is 32.7 Å². The zero-order chi connectivity index (χ0) is 16.4. The number of amides is 2. The van der Waals surface area contributed by atoms with Gasteiger partial charge in [-0.3, -0.25) is 14.5 Å². The molecule has 4 heteroatoms. The second-order valence-electron chi connectivity index (χ2n) is 5.74. The van der Waals surface area contributed by atoms with Crippen molar-refractivity contribution < 1.29 is 9.59 Å². The monoisotopic (exact) mass is 308 g/mol. The molecule has 0 fully saturated rings. The number of para-hydroxylation sites is 2. The number of benzene rings is 2. The van der Waals surface area contributed by atoms with Gasteiger partial charge in [0.05, 0.1) is 0 Å². The largest absolute Gasteiger partial charge is 0.324 e. The summed E-state index contributed by atoms with van der Waals surface area (Å²) in [4.78, 5) is 26.4. The van der Waals surface area contributed by atoms with Gasteiger partial charge in [0.1, 0.15) is 6.04 Å². The maximum Gasteiger partial charge on any atom is 0.247 e. The summed E-state index contributed by atoms with van der Waals surface area (Å²) < 4.78 is 0. The first-order valence-electron chi connectivity index (χ1n) is 7.88. The topological polar surface area (TPSA) is 49.4 Å². The van der Waals surface area contributed by atoms with E-state index >= 15 is 0 Å². The minimum Gasteiger partial charge on any atom is -0.324 e. The van der Waals surface area contributed by atoms with E-state index in [9.17, 15) is 9.59 Å². The number of fused-ring (bicyclic) bond motifs is 1. The van der Waals surface area contributed by atoms with Crippen molar-refractivity contribution in [3.63, 3.8) is 0 Å². The summed E-state index contributed by atoms with van der Waals surface area (Å²) in [5.41, 5.74) is 3.78. The number of carbonyl (C=O) groups excluding carboxylic acids is 2. The van der Waals surface area contributed by atoms with E-state index in [1.165, 1.54) is 6.92 Å². The molecule has 0 bridgehead atoms. The zero-order valence-corrected chi connectivity index (χ0v) is 13.4. The van der Waals surface area contributed by atoms with Gasteiger partial charge in [0, 0.05) is 24.7 Å². The van der Waals surface area contributed by atoms with E-state index in [-0.39, 0.29) is 11.8 Å². The van der Waals surface area contributed by atoms with Crippen LogP contribution in [-0.4, -0.2) is 17.9 Å². The summed E-state index contributed by atoms with van der Waals surface area (Å²) in [6, 6.07) is 15.0. The quantitative estimate of drug-likeness (QED) is 0.947. The Kier molecular flexibility index (Phi) is 4.15. The van der Waals surface area contributed by atoms with Crippen molar-refractivity contribution in [2.75, 3.05) is 10.2 Å². The van der Waals surface area contributed by atoms with Gasteiger partial charge in [0.2, 0.25) is 11.8 Å². The number of carbonyl (C=O) groups is 2. The van der Waals surface area contributed by atoms with Crippen molar-refractivity contribution in [1.29, 1.82) is 0 Å². The molecule has 1 aliphatic heterocycles. The van der Waals surface area contributed by atoms with Gasteiger partial charge in [0.15, 0.2) is 0 Å². The summed E-state index contributed by atoms with van der Waals surface area (Å²) in [6.45, 7) is 3.56. The third-order valence-electron chi connectivity index (χ3n) is 4.27. The fourth-order valence-electron chi connectivity index (χ4n) is 3.15. The molecule has 2 amide bonds. The van der Waals surface area contributed by atoms with E-state index in [2.05, 4.69) is 12.2 Å². The van der Waals surface area contributed by atoms with Gasteiger partial charge < -0.3 is 5.32 Å². The minimum atomic E-state index is -0.491. The lowest BCUT2D eigenvalue weighted by Gasteiger charge is -2.24. The maximum atomic E-state index is 12.8. The molecule has 1 N–H and O–H groups in total. The average Bonchev–Trinajstić information content (AvgIpc) is 2.95. The number of nitrogens with one attached hydrogen (secondary N) is 1. The number of aryl methyl sites for hydroxylation is 1. The molecule has 0 radical (unpaired) electrons. The molecule has 0 saturated carbocycles. The van der Waals surface area contributed by atoms with Gasteiger partial charge in [-0.2, -0.15) is 0 Å². The fraction of sp³-hybridized carbons (Fsp3) is 0.263. The number of anilines is 2. The summed E-state index contributed by atoms with van der Waals surface area (Å²) >= 11 is 0. The first kappa shape index (κ1) is 15.3. The van der Waals surface area contributed by atoms with E-state index in [4.69, 9.17) is 0 Å². The van der Waals surface area contributed by atoms with Gasteiger partial charge in [0.25, 0.3) is 0 Å². The molecule has 0 saturated heterocycles. The summed E-state index contributed by atoms with van der Waals surface area (Å²) in [7, 11) is 0. The van der Waals surface area contributed by atoms with E-state index in [0.29, 0.717) is 6.42 Å². The van der Waals surface area contributed by atoms with Gasteiger partial charge in [-0.1, -0.05) is 43.3 Å². The standard InChI is InChI=1S/C19H20N2O2/c1-3-14-8-4-6-10-16(14)20-19(23)18-12-15-9-5-7-11-17(15)21(18)13(2)22/h4-11,18H,3,12H2,1-2H3,(H,20,23)/t18-/m1/s1. The minimum absolute atomic E-state index is 0.112. The lowest BCUT2D eigenvalue weighted by atomic mass is 10.1. The molecule has 3 rings (SSSR count). The molecule has 0 unspecified atom stereocenters. The van der Waals surface area contributed by atoms with Crippen LogP contribution in [-0.2, 0) is 22.4 Å². The van der Waals surface area contributed by atoms with Crippen LogP contribution in [0.1, 0.15) is 25.0 Å². The Hall–Kier alpha value is -2.62. The Morgan fingerprint density at radius 3 is 2.57 bits per heavy atom. The van der Waals surface area contributed by atoms with E-state index in [1.54, 1.807) is 4.90 Å². The highest BCUT2D eigenvalue weighted by molar-refractivity contribution is 6.06. The van der Waals surface area contributed by atoms with Gasteiger partial charge >= 0.3 is 0 Å². The number of hydrogen-bond donors (Lipinski definition) is 1. The Labute approximate surface area is 136 Å². The summed E-state index contributed by atoms with van der Waals surface area (Å²) in [6.07, 6.45) is 1.40. The molecule has 0 aliphatic carbocycles. The second-order valence-corrected chi connectivity index (χ2v) is 5.74. The van der Waals surface area contributed by atoms with Crippen LogP contribution in [0.25, 0.3) is 0 Å². The molecule has 1 aliphatic rings. The molecule has 4 nitrogen and oxygen atoms in total. The molecular formula is C19H20N2O2. The Morgan fingerprint density at radius 2 is 1.83 bits per heavy atom. The average molecular weight is 308 g/mol. The highest BCUT2D eigenvalue weighted by atomic mass is 16.2. The highest BCUT2D eigenvalue weighted by Crippen LogP contribution is 2.32. The van der Waals surface area contributed by atoms with Crippen LogP contribution in [0.15, 0.2) is 48.5 Å². The van der Waals surface area contributed by atoms with Crippen LogP contribution >= 0.6 is 0 Å². The third-order valence-corrected chi connectivity index (χ3v) is 4.27. The number of nitrogens with zero attached hydrogens (tertiary/aromatic N) is 1. The van der Waals surface area contributed by atoms with Crippen LogP contribution in [0.5, 0.6) is 0 Å². The van der Waals surface area contributed by atoms with Crippen LogP contribution in [0.3, 0.4) is 0 Å². The Bertz CT molecular complexity index is 755. The predicted molar refractivity (Wildman–Crippen MR) is 91.5 cm³/mol. The lowest BCUT2D eigenvalue weighted by Crippen LogP contribution is -2.44. The first-order chi connectivity index (χ1) is 11.1. The summed E-state index contributed by atoms with van der Waals surface area (Å²) in [5.74, 6) is -0.254. The molecule has 2 aromatic carbocycles. The molecule has 2 aromatic rings. The van der Waals surface area contributed by atoms with Gasteiger partial charge in [-0.15, -0.1) is 0 Å². The van der Waals surface area contributed by atoms with Crippen molar-refractivity contribution in [3.05, 3.63) is 59.7 Å². The van der Waals surface area contributed by atoms with E-state index < -0.39 is 6.04 Å². The molecule has 0 aromatic heterocycles. The SMILES string of the molecule is CCc1ccccc1NC(=O)[C@H]1Cc2ccccc2N1C(C)=O. The Morgan fingerprint density at radius 1 is 1.13 bits per heavy atom. The van der Waals surface area contributed by atoms with E-state index in [1.807, 2.05) is 48.5 Å². The van der Waals surface area contributed by atoms with Crippen LogP contribution in [0.2, 0.25) is 0 Å². The number of rotatable bonds is 3. The zero-order valence-electron chi connectivity index (χ0n) is 13.4. The third kappa shape index (κ3) is 2.84. The van der Waals surface area contributed by atoms with Crippen molar-refractivity contribution in [1.82, 2.24) is 0 Å². The molecular weight excluding hydrogens is 288 g/mol.